The molecule has 0 N–H and O–H groups in total. The van der Waals surface area contributed by atoms with Gasteiger partial charge in [-0.15, -0.1) is 0 Å². The lowest BCUT2D eigenvalue weighted by Crippen LogP contribution is -2.26. The molecule has 0 saturated heterocycles. The minimum absolute atomic E-state index is 0.883. The molecule has 0 amide bonds. The Kier molecular flexibility index (Phi) is 10.1. The Labute approximate surface area is 124 Å². The van der Waals surface area contributed by atoms with Gasteiger partial charge in [0.05, 0.1) is 0 Å². The molecule has 0 aromatic carbocycles. The van der Waals surface area contributed by atoms with E-state index in [1.54, 1.807) is 12.1 Å². The molecule has 116 valence electrons. The zero-order chi connectivity index (χ0) is 14.9. The van der Waals surface area contributed by atoms with Crippen molar-refractivity contribution in [3.63, 3.8) is 0 Å². The molecule has 0 aromatic rings. The molecular weight excluding hydrogens is 244 g/mol. The van der Waals surface area contributed by atoms with Gasteiger partial charge in [0.1, 0.15) is 0 Å². The fourth-order valence-electron chi connectivity index (χ4n) is 2.62. The highest BCUT2D eigenvalue weighted by molar-refractivity contribution is 6.77. The SMILES string of the molecule is CCC(C)CC[Si](C)(C)CCC(C)CCCC(C)C. The summed E-state index contributed by atoms with van der Waals surface area (Å²) in [4.78, 5) is 0. The molecule has 0 aliphatic heterocycles. The predicted molar refractivity (Wildman–Crippen MR) is 93.6 cm³/mol. The summed E-state index contributed by atoms with van der Waals surface area (Å²) >= 11 is 0. The van der Waals surface area contributed by atoms with Gasteiger partial charge in [0.15, 0.2) is 0 Å². The Balaban J connectivity index is 3.76. The van der Waals surface area contributed by atoms with Gasteiger partial charge in [-0.25, -0.2) is 0 Å². The van der Waals surface area contributed by atoms with Crippen molar-refractivity contribution in [1.82, 2.24) is 0 Å². The third kappa shape index (κ3) is 11.7. The second-order valence-electron chi connectivity index (χ2n) is 8.18. The van der Waals surface area contributed by atoms with Crippen LogP contribution >= 0.6 is 0 Å². The van der Waals surface area contributed by atoms with Crippen molar-refractivity contribution in [3.05, 3.63) is 0 Å². The van der Waals surface area contributed by atoms with Crippen molar-refractivity contribution in [1.29, 1.82) is 0 Å². The molecule has 0 aliphatic rings. The largest absolute Gasteiger partial charge is 0.0693 e. The van der Waals surface area contributed by atoms with E-state index in [1.165, 1.54) is 38.5 Å². The van der Waals surface area contributed by atoms with Crippen molar-refractivity contribution < 1.29 is 0 Å². The smallest absolute Gasteiger partial charge is 0.0473 e. The molecule has 2 unspecified atom stereocenters. The van der Waals surface area contributed by atoms with Crippen LogP contribution in [0.4, 0.5) is 0 Å². The van der Waals surface area contributed by atoms with Gasteiger partial charge in [-0.1, -0.05) is 98.3 Å². The van der Waals surface area contributed by atoms with Crippen LogP contribution < -0.4 is 0 Å². The Morgan fingerprint density at radius 3 is 1.74 bits per heavy atom. The Morgan fingerprint density at radius 2 is 1.26 bits per heavy atom. The zero-order valence-corrected chi connectivity index (χ0v) is 15.9. The van der Waals surface area contributed by atoms with Crippen LogP contribution in [0.15, 0.2) is 0 Å². The maximum absolute atomic E-state index is 2.61. The van der Waals surface area contributed by atoms with Crippen LogP contribution in [0.1, 0.15) is 73.1 Å². The summed E-state index contributed by atoms with van der Waals surface area (Å²) in [6.07, 6.45) is 8.62. The molecule has 0 aliphatic carbocycles. The summed E-state index contributed by atoms with van der Waals surface area (Å²) < 4.78 is 0. The topological polar surface area (TPSA) is 0 Å². The lowest BCUT2D eigenvalue weighted by Gasteiger charge is -2.25. The third-order valence-corrected chi connectivity index (χ3v) is 8.09. The van der Waals surface area contributed by atoms with E-state index < -0.39 is 8.07 Å². The highest BCUT2D eigenvalue weighted by Gasteiger charge is 2.21. The summed E-state index contributed by atoms with van der Waals surface area (Å²) in [7, 11) is -0.906. The van der Waals surface area contributed by atoms with E-state index in [4.69, 9.17) is 0 Å². The average Bonchev–Trinajstić information content (AvgIpc) is 2.33. The van der Waals surface area contributed by atoms with E-state index in [-0.39, 0.29) is 0 Å². The van der Waals surface area contributed by atoms with E-state index in [0.29, 0.717) is 0 Å². The van der Waals surface area contributed by atoms with Crippen LogP contribution in [0.5, 0.6) is 0 Å². The minimum Gasteiger partial charge on any atom is -0.0693 e. The van der Waals surface area contributed by atoms with E-state index in [9.17, 15) is 0 Å². The molecule has 0 saturated carbocycles. The fourth-order valence-corrected chi connectivity index (χ4v) is 5.42. The number of rotatable bonds is 11. The highest BCUT2D eigenvalue weighted by atomic mass is 28.3. The van der Waals surface area contributed by atoms with Gasteiger partial charge < -0.3 is 0 Å². The second kappa shape index (κ2) is 10.0. The monoisotopic (exact) mass is 284 g/mol. The first-order chi connectivity index (χ1) is 8.76. The molecule has 1 heteroatoms. The van der Waals surface area contributed by atoms with E-state index in [1.807, 2.05) is 0 Å². The zero-order valence-electron chi connectivity index (χ0n) is 14.9. The second-order valence-corrected chi connectivity index (χ2v) is 13.5. The van der Waals surface area contributed by atoms with Gasteiger partial charge in [0.2, 0.25) is 0 Å². The first-order valence-corrected chi connectivity index (χ1v) is 12.2. The van der Waals surface area contributed by atoms with Crippen molar-refractivity contribution in [2.45, 2.75) is 98.3 Å². The van der Waals surface area contributed by atoms with Crippen molar-refractivity contribution in [2.24, 2.45) is 17.8 Å². The van der Waals surface area contributed by atoms with Gasteiger partial charge >= 0.3 is 0 Å². The third-order valence-electron chi connectivity index (χ3n) is 4.80. The molecule has 0 spiro atoms. The molecule has 0 rings (SSSR count). The molecule has 0 radical (unpaired) electrons. The quantitative estimate of drug-likeness (QED) is 0.359. The van der Waals surface area contributed by atoms with Gasteiger partial charge in [-0.2, -0.15) is 0 Å². The molecule has 0 aromatic heterocycles. The van der Waals surface area contributed by atoms with Crippen LogP contribution in [-0.4, -0.2) is 8.07 Å². The van der Waals surface area contributed by atoms with Gasteiger partial charge in [0.25, 0.3) is 0 Å². The first-order valence-electron chi connectivity index (χ1n) is 8.76. The van der Waals surface area contributed by atoms with Crippen LogP contribution in [-0.2, 0) is 0 Å². The Hall–Kier alpha value is 0.217. The first kappa shape index (κ1) is 19.2. The molecule has 2 atom stereocenters. The molecule has 0 heterocycles. The predicted octanol–water partition coefficient (Wildman–Crippen LogP) is 6.98. The standard InChI is InChI=1S/C18H40Si/c1-8-17(4)12-14-19(6,7)15-13-18(5)11-9-10-16(2)3/h16-18H,8-15H2,1-7H3. The lowest BCUT2D eigenvalue weighted by molar-refractivity contribution is 0.447. The fraction of sp³-hybridized carbons (Fsp3) is 1.00. The Morgan fingerprint density at radius 1 is 0.737 bits per heavy atom. The van der Waals surface area contributed by atoms with Crippen molar-refractivity contribution >= 4 is 8.07 Å². The van der Waals surface area contributed by atoms with Crippen LogP contribution in [0.2, 0.25) is 25.2 Å². The molecule has 0 fully saturated rings. The number of hydrogen-bond acceptors (Lipinski definition) is 0. The summed E-state index contributed by atoms with van der Waals surface area (Å²) in [5.41, 5.74) is 0. The molecule has 0 nitrogen and oxygen atoms in total. The van der Waals surface area contributed by atoms with Crippen LogP contribution in [0, 0.1) is 17.8 Å². The van der Waals surface area contributed by atoms with E-state index >= 15 is 0 Å². The highest BCUT2D eigenvalue weighted by Crippen LogP contribution is 2.27. The Bertz CT molecular complexity index is 208. The lowest BCUT2D eigenvalue weighted by atomic mass is 9.98. The molecule has 19 heavy (non-hydrogen) atoms. The van der Waals surface area contributed by atoms with E-state index in [0.717, 1.165) is 17.8 Å². The average molecular weight is 285 g/mol. The maximum atomic E-state index is 2.61. The summed E-state index contributed by atoms with van der Waals surface area (Å²) in [6, 6.07) is 3.09. The van der Waals surface area contributed by atoms with Crippen LogP contribution in [0.25, 0.3) is 0 Å². The van der Waals surface area contributed by atoms with Crippen molar-refractivity contribution in [2.75, 3.05) is 0 Å². The normalized spacial score (nSPS) is 15.8. The molecular formula is C18H40Si. The van der Waals surface area contributed by atoms with E-state index in [2.05, 4.69) is 47.7 Å². The van der Waals surface area contributed by atoms with Gasteiger partial charge in [0, 0.05) is 8.07 Å². The summed E-state index contributed by atoms with van der Waals surface area (Å²) in [6.45, 7) is 17.1. The van der Waals surface area contributed by atoms with Gasteiger partial charge in [-0.05, 0) is 17.8 Å². The summed E-state index contributed by atoms with van der Waals surface area (Å²) in [5.74, 6) is 2.78. The minimum atomic E-state index is -0.906. The van der Waals surface area contributed by atoms with Crippen molar-refractivity contribution in [3.8, 4) is 0 Å². The molecule has 0 bridgehead atoms. The summed E-state index contributed by atoms with van der Waals surface area (Å²) in [5, 5.41) is 0. The number of hydrogen-bond donors (Lipinski definition) is 0. The van der Waals surface area contributed by atoms with Crippen LogP contribution in [0.3, 0.4) is 0 Å². The maximum Gasteiger partial charge on any atom is 0.0473 e. The van der Waals surface area contributed by atoms with Gasteiger partial charge in [-0.3, -0.25) is 0 Å².